The minimum Gasteiger partial charge on any atom is -0.398 e. The number of nitrogens with two attached hydrogens (primary N) is 1. The van der Waals surface area contributed by atoms with Crippen LogP contribution in [0, 0.1) is 17.7 Å². The molecule has 4 heteroatoms. The van der Waals surface area contributed by atoms with Gasteiger partial charge in [-0.05, 0) is 24.3 Å². The topological polar surface area (TPSA) is 38.9 Å². The Morgan fingerprint density at radius 3 is 2.73 bits per heavy atom. The first-order valence-corrected chi connectivity index (χ1v) is 4.25. The van der Waals surface area contributed by atoms with Crippen LogP contribution in [0.4, 0.5) is 14.5 Å². The third-order valence-corrected chi connectivity index (χ3v) is 1.96. The van der Waals surface area contributed by atoms with Crippen molar-refractivity contribution < 1.29 is 8.78 Å². The zero-order valence-corrected chi connectivity index (χ0v) is 7.67. The van der Waals surface area contributed by atoms with Crippen LogP contribution in [-0.4, -0.2) is 4.98 Å². The van der Waals surface area contributed by atoms with Crippen molar-refractivity contribution in [3.63, 3.8) is 0 Å². The van der Waals surface area contributed by atoms with Gasteiger partial charge in [0.05, 0.1) is 11.9 Å². The quantitative estimate of drug-likeness (QED) is 0.726. The summed E-state index contributed by atoms with van der Waals surface area (Å²) in [6.45, 7) is 0. The van der Waals surface area contributed by atoms with Gasteiger partial charge in [-0.15, -0.1) is 0 Å². The molecule has 2 rings (SSSR count). The molecule has 1 aromatic heterocycles. The minimum atomic E-state index is -0.561. The van der Waals surface area contributed by atoms with E-state index in [-0.39, 0.29) is 0 Å². The van der Waals surface area contributed by atoms with Gasteiger partial charge >= 0.3 is 0 Å². The highest BCUT2D eigenvalue weighted by atomic mass is 19.1. The number of nitrogens with zero attached hydrogens (tertiary/aromatic N) is 1. The molecule has 1 radical (unpaired) electrons. The number of nitrogen functional groups attached to an aromatic ring is 1. The van der Waals surface area contributed by atoms with Gasteiger partial charge in [-0.25, -0.2) is 8.78 Å². The summed E-state index contributed by atoms with van der Waals surface area (Å²) >= 11 is 0. The average molecular weight is 205 g/mol. The maximum atomic E-state index is 12.9. The molecular weight excluding hydrogens is 198 g/mol. The minimum absolute atomic E-state index is 0.393. The van der Waals surface area contributed by atoms with Gasteiger partial charge in [0.25, 0.3) is 0 Å². The second kappa shape index (κ2) is 3.65. The normalized spacial score (nSPS) is 10.3. The number of benzene rings is 1. The van der Waals surface area contributed by atoms with Crippen LogP contribution in [0.2, 0.25) is 0 Å². The van der Waals surface area contributed by atoms with Crippen molar-refractivity contribution in [1.82, 2.24) is 4.98 Å². The Morgan fingerprint density at radius 1 is 1.27 bits per heavy atom. The first-order chi connectivity index (χ1) is 7.16. The molecule has 0 aliphatic rings. The van der Waals surface area contributed by atoms with Crippen LogP contribution in [0.5, 0.6) is 0 Å². The first kappa shape index (κ1) is 9.58. The van der Waals surface area contributed by atoms with Crippen LogP contribution in [0.25, 0.3) is 11.3 Å². The zero-order valence-electron chi connectivity index (χ0n) is 7.67. The largest absolute Gasteiger partial charge is 0.398 e. The molecule has 0 saturated heterocycles. The molecule has 0 aliphatic heterocycles. The summed E-state index contributed by atoms with van der Waals surface area (Å²) in [4.78, 5) is 3.80. The summed E-state index contributed by atoms with van der Waals surface area (Å²) < 4.78 is 25.5. The number of hydrogen-bond donors (Lipinski definition) is 1. The lowest BCUT2D eigenvalue weighted by molar-refractivity contribution is 0.619. The van der Waals surface area contributed by atoms with Crippen LogP contribution < -0.4 is 5.73 Å². The van der Waals surface area contributed by atoms with Crippen molar-refractivity contribution in [2.75, 3.05) is 5.73 Å². The fourth-order valence-electron chi connectivity index (χ4n) is 1.24. The van der Waals surface area contributed by atoms with E-state index in [1.807, 2.05) is 0 Å². The van der Waals surface area contributed by atoms with Crippen molar-refractivity contribution >= 4 is 5.69 Å². The summed E-state index contributed by atoms with van der Waals surface area (Å²) in [5, 5.41) is 0. The lowest BCUT2D eigenvalue weighted by Gasteiger charge is -2.04. The van der Waals surface area contributed by atoms with Crippen molar-refractivity contribution in [2.24, 2.45) is 0 Å². The number of hydrogen-bond acceptors (Lipinski definition) is 2. The van der Waals surface area contributed by atoms with Gasteiger partial charge in [0, 0.05) is 17.3 Å². The Bertz CT molecular complexity index is 480. The van der Waals surface area contributed by atoms with Crippen LogP contribution in [0.15, 0.2) is 30.5 Å². The first-order valence-electron chi connectivity index (χ1n) is 4.25. The lowest BCUT2D eigenvalue weighted by Crippen LogP contribution is -1.93. The van der Waals surface area contributed by atoms with E-state index >= 15 is 0 Å². The van der Waals surface area contributed by atoms with Gasteiger partial charge in [-0.2, -0.15) is 0 Å². The second-order valence-electron chi connectivity index (χ2n) is 3.01. The maximum absolute atomic E-state index is 12.9. The lowest BCUT2D eigenvalue weighted by atomic mass is 10.1. The highest BCUT2D eigenvalue weighted by Crippen LogP contribution is 2.24. The Kier molecular flexibility index (Phi) is 2.33. The summed E-state index contributed by atoms with van der Waals surface area (Å²) in [7, 11) is 0. The summed E-state index contributed by atoms with van der Waals surface area (Å²) in [6, 6.07) is 7.62. The monoisotopic (exact) mass is 205 g/mol. The fraction of sp³-hybridized carbons (Fsp3) is 0. The van der Waals surface area contributed by atoms with E-state index in [4.69, 9.17) is 5.73 Å². The predicted molar refractivity (Wildman–Crippen MR) is 52.8 cm³/mol. The number of pyridine rings is 1. The molecule has 2 aromatic rings. The van der Waals surface area contributed by atoms with Gasteiger partial charge in [-0.3, -0.25) is 4.98 Å². The molecule has 15 heavy (non-hydrogen) atoms. The molecule has 0 fully saturated rings. The summed E-state index contributed by atoms with van der Waals surface area (Å²) in [5.41, 5.74) is 6.87. The predicted octanol–water partition coefficient (Wildman–Crippen LogP) is 2.41. The average Bonchev–Trinajstić information content (AvgIpc) is 2.23. The van der Waals surface area contributed by atoms with Gasteiger partial charge in [0.2, 0.25) is 0 Å². The third-order valence-electron chi connectivity index (χ3n) is 1.96. The maximum Gasteiger partial charge on any atom is 0.149 e. The molecule has 0 spiro atoms. The Labute approximate surface area is 85.4 Å². The van der Waals surface area contributed by atoms with Crippen molar-refractivity contribution in [3.05, 3.63) is 48.2 Å². The van der Waals surface area contributed by atoms with E-state index in [0.717, 1.165) is 6.20 Å². The molecule has 0 amide bonds. The molecule has 1 aromatic carbocycles. The fourth-order valence-corrected chi connectivity index (χ4v) is 1.24. The molecule has 2 N–H and O–H groups in total. The summed E-state index contributed by atoms with van der Waals surface area (Å²) in [6.07, 6.45) is 1.01. The molecule has 0 atom stereocenters. The third kappa shape index (κ3) is 1.93. The summed E-state index contributed by atoms with van der Waals surface area (Å²) in [5.74, 6) is -0.973. The zero-order chi connectivity index (χ0) is 10.8. The molecule has 0 saturated carbocycles. The van der Waals surface area contributed by atoms with Gasteiger partial charge in [0.1, 0.15) is 11.6 Å². The van der Waals surface area contributed by atoms with E-state index in [9.17, 15) is 8.78 Å². The van der Waals surface area contributed by atoms with Crippen molar-refractivity contribution in [3.8, 4) is 11.3 Å². The number of halogens is 2. The highest BCUT2D eigenvalue weighted by molar-refractivity contribution is 5.73. The van der Waals surface area contributed by atoms with Crippen LogP contribution >= 0.6 is 0 Å². The van der Waals surface area contributed by atoms with Crippen LogP contribution in [-0.2, 0) is 0 Å². The molecule has 1 heterocycles. The molecule has 2 nitrogen and oxygen atoms in total. The standard InChI is InChI=1S/C11H7F2N2/c12-7-1-3-10(14)9(5-7)11-4-2-8(13)6-15-11/h1,3-6H,14H2. The Hall–Kier alpha value is -1.97. The Balaban J connectivity index is 2.53. The van der Waals surface area contributed by atoms with Crippen LogP contribution in [0.1, 0.15) is 0 Å². The van der Waals surface area contributed by atoms with Gasteiger partial charge < -0.3 is 5.73 Å². The van der Waals surface area contributed by atoms with E-state index in [1.165, 1.54) is 24.3 Å². The number of anilines is 1. The smallest absolute Gasteiger partial charge is 0.149 e. The van der Waals surface area contributed by atoms with Crippen LogP contribution in [0.3, 0.4) is 0 Å². The molecule has 0 bridgehead atoms. The van der Waals surface area contributed by atoms with Gasteiger partial charge in [-0.1, -0.05) is 0 Å². The van der Waals surface area contributed by atoms with Crippen molar-refractivity contribution in [2.45, 2.75) is 0 Å². The SMILES string of the molecule is Nc1ccc(F)cc1-c1c[c]c(F)cn1. The Morgan fingerprint density at radius 2 is 2.07 bits per heavy atom. The van der Waals surface area contributed by atoms with Crippen molar-refractivity contribution in [1.29, 1.82) is 0 Å². The number of aromatic nitrogens is 1. The second-order valence-corrected chi connectivity index (χ2v) is 3.01. The van der Waals surface area contributed by atoms with Gasteiger partial charge in [0.15, 0.2) is 0 Å². The molecule has 0 aliphatic carbocycles. The number of rotatable bonds is 1. The molecular formula is C11H7F2N2. The van der Waals surface area contributed by atoms with E-state index in [0.29, 0.717) is 16.9 Å². The van der Waals surface area contributed by atoms with E-state index < -0.39 is 11.6 Å². The molecule has 75 valence electrons. The highest BCUT2D eigenvalue weighted by Gasteiger charge is 2.05. The molecule has 0 unspecified atom stereocenters. The van der Waals surface area contributed by atoms with E-state index in [2.05, 4.69) is 11.1 Å². The van der Waals surface area contributed by atoms with E-state index in [1.54, 1.807) is 0 Å².